The first-order valence-electron chi connectivity index (χ1n) is 7.88. The molecule has 0 aliphatic carbocycles. The third-order valence-corrected chi connectivity index (χ3v) is 4.91. The summed E-state index contributed by atoms with van der Waals surface area (Å²) in [5.74, 6) is 1.65. The van der Waals surface area contributed by atoms with Crippen molar-refractivity contribution in [3.05, 3.63) is 59.4 Å². The van der Waals surface area contributed by atoms with Crippen LogP contribution >= 0.6 is 11.8 Å². The van der Waals surface area contributed by atoms with Gasteiger partial charge < -0.3 is 14.8 Å². The minimum Gasteiger partial charge on any atom is -0.493 e. The van der Waals surface area contributed by atoms with Crippen molar-refractivity contribution in [3.63, 3.8) is 0 Å². The number of amides is 1. The minimum absolute atomic E-state index is 0.0399. The minimum atomic E-state index is -0.255. The average molecular weight is 363 g/mol. The van der Waals surface area contributed by atoms with Crippen LogP contribution in [0.5, 0.6) is 11.5 Å². The Bertz CT molecular complexity index is 706. The van der Waals surface area contributed by atoms with Gasteiger partial charge in [0, 0.05) is 12.3 Å². The molecular formula is C19H22FNO3S. The molecule has 0 saturated carbocycles. The zero-order valence-electron chi connectivity index (χ0n) is 14.5. The molecule has 0 spiro atoms. The van der Waals surface area contributed by atoms with E-state index >= 15 is 0 Å². The van der Waals surface area contributed by atoms with E-state index in [0.29, 0.717) is 23.8 Å². The summed E-state index contributed by atoms with van der Waals surface area (Å²) in [6.45, 7) is 2.28. The molecule has 0 fully saturated rings. The molecular weight excluding hydrogens is 341 g/mol. The number of methoxy groups -OCH3 is 2. The first-order valence-corrected chi connectivity index (χ1v) is 8.93. The Morgan fingerprint density at radius 2 is 1.72 bits per heavy atom. The number of ether oxygens (including phenoxy) is 2. The second kappa shape index (κ2) is 9.32. The lowest BCUT2D eigenvalue weighted by atomic mass is 10.2. The maximum Gasteiger partial charge on any atom is 0.233 e. The van der Waals surface area contributed by atoms with Crippen molar-refractivity contribution < 1.29 is 18.7 Å². The Kier molecular flexibility index (Phi) is 7.13. The smallest absolute Gasteiger partial charge is 0.233 e. The van der Waals surface area contributed by atoms with Crippen LogP contribution in [0.15, 0.2) is 42.5 Å². The lowest BCUT2D eigenvalue weighted by molar-refractivity contribution is -0.120. The molecule has 0 radical (unpaired) electrons. The Morgan fingerprint density at radius 3 is 2.36 bits per heavy atom. The number of halogens is 1. The first kappa shape index (κ1) is 19.1. The second-order valence-electron chi connectivity index (χ2n) is 5.49. The van der Waals surface area contributed by atoms with E-state index in [4.69, 9.17) is 9.47 Å². The van der Waals surface area contributed by atoms with E-state index in [-0.39, 0.29) is 17.0 Å². The van der Waals surface area contributed by atoms with Crippen molar-refractivity contribution in [2.45, 2.75) is 24.5 Å². The molecule has 25 heavy (non-hydrogen) atoms. The van der Waals surface area contributed by atoms with Crippen molar-refractivity contribution in [1.29, 1.82) is 0 Å². The van der Waals surface area contributed by atoms with Crippen LogP contribution in [0.2, 0.25) is 0 Å². The van der Waals surface area contributed by atoms with Crippen molar-refractivity contribution in [1.82, 2.24) is 5.32 Å². The summed E-state index contributed by atoms with van der Waals surface area (Å²) in [6, 6.07) is 11.9. The molecule has 1 unspecified atom stereocenters. The van der Waals surface area contributed by atoms with Crippen molar-refractivity contribution in [2.75, 3.05) is 14.2 Å². The van der Waals surface area contributed by atoms with Crippen LogP contribution in [0, 0.1) is 5.82 Å². The van der Waals surface area contributed by atoms with Crippen LogP contribution in [0.3, 0.4) is 0 Å². The zero-order chi connectivity index (χ0) is 18.2. The number of benzene rings is 2. The average Bonchev–Trinajstić information content (AvgIpc) is 2.65. The fraction of sp³-hybridized carbons (Fsp3) is 0.316. The maximum atomic E-state index is 12.9. The van der Waals surface area contributed by atoms with Gasteiger partial charge in [-0.15, -0.1) is 11.8 Å². The Labute approximate surface area is 151 Å². The second-order valence-corrected chi connectivity index (χ2v) is 6.82. The van der Waals surface area contributed by atoms with Gasteiger partial charge in [-0.05, 0) is 42.3 Å². The molecule has 1 amide bonds. The largest absolute Gasteiger partial charge is 0.493 e. The summed E-state index contributed by atoms with van der Waals surface area (Å²) in [4.78, 5) is 12.2. The summed E-state index contributed by atoms with van der Waals surface area (Å²) >= 11 is 1.51. The monoisotopic (exact) mass is 363 g/mol. The number of nitrogens with one attached hydrogen (secondary N) is 1. The molecule has 0 heterocycles. The van der Waals surface area contributed by atoms with E-state index in [9.17, 15) is 9.18 Å². The predicted octanol–water partition coefficient (Wildman–Crippen LogP) is 3.78. The first-order chi connectivity index (χ1) is 12.0. The normalized spacial score (nSPS) is 11.7. The summed E-state index contributed by atoms with van der Waals surface area (Å²) in [6.07, 6.45) is 0. The highest BCUT2D eigenvalue weighted by Crippen LogP contribution is 2.27. The van der Waals surface area contributed by atoms with Crippen LogP contribution in [-0.4, -0.2) is 25.4 Å². The molecule has 0 bridgehead atoms. The fourth-order valence-corrected chi connectivity index (χ4v) is 3.07. The van der Waals surface area contributed by atoms with Crippen LogP contribution in [0.25, 0.3) is 0 Å². The number of thioether (sulfide) groups is 1. The third-order valence-electron chi connectivity index (χ3n) is 3.70. The SMILES string of the molecule is COc1ccc(CNC(=O)C(C)SCc2ccc(F)cc2)cc1OC. The van der Waals surface area contributed by atoms with Gasteiger partial charge in [-0.25, -0.2) is 4.39 Å². The van der Waals surface area contributed by atoms with Gasteiger partial charge in [-0.1, -0.05) is 18.2 Å². The van der Waals surface area contributed by atoms with Gasteiger partial charge >= 0.3 is 0 Å². The topological polar surface area (TPSA) is 47.6 Å². The van der Waals surface area contributed by atoms with Crippen molar-refractivity contribution >= 4 is 17.7 Å². The zero-order valence-corrected chi connectivity index (χ0v) is 15.4. The molecule has 0 saturated heterocycles. The van der Waals surface area contributed by atoms with Gasteiger partial charge in [-0.3, -0.25) is 4.79 Å². The summed E-state index contributed by atoms with van der Waals surface area (Å²) in [5.41, 5.74) is 1.92. The summed E-state index contributed by atoms with van der Waals surface area (Å²) in [5, 5.41) is 2.71. The van der Waals surface area contributed by atoms with Crippen molar-refractivity contribution in [2.24, 2.45) is 0 Å². The van der Waals surface area contributed by atoms with E-state index in [2.05, 4.69) is 5.32 Å². The standard InChI is InChI=1S/C19H22FNO3S/c1-13(25-12-14-4-7-16(20)8-5-14)19(22)21-11-15-6-9-17(23-2)18(10-15)24-3/h4-10,13H,11-12H2,1-3H3,(H,21,22). The molecule has 0 aliphatic rings. The molecule has 0 aromatic heterocycles. The lowest BCUT2D eigenvalue weighted by Crippen LogP contribution is -2.30. The van der Waals surface area contributed by atoms with E-state index in [0.717, 1.165) is 11.1 Å². The molecule has 1 atom stereocenters. The third kappa shape index (κ3) is 5.67. The summed E-state index contributed by atoms with van der Waals surface area (Å²) in [7, 11) is 3.16. The van der Waals surface area contributed by atoms with E-state index in [1.807, 2.05) is 25.1 Å². The van der Waals surface area contributed by atoms with Gasteiger partial charge in [0.05, 0.1) is 19.5 Å². The van der Waals surface area contributed by atoms with Crippen LogP contribution < -0.4 is 14.8 Å². The highest BCUT2D eigenvalue weighted by Gasteiger charge is 2.13. The highest BCUT2D eigenvalue weighted by atomic mass is 32.2. The Hall–Kier alpha value is -2.21. The number of carbonyl (C=O) groups excluding carboxylic acids is 1. The van der Waals surface area contributed by atoms with Gasteiger partial charge in [0.2, 0.25) is 5.91 Å². The van der Waals surface area contributed by atoms with E-state index in [1.54, 1.807) is 26.4 Å². The molecule has 134 valence electrons. The molecule has 1 N–H and O–H groups in total. The number of rotatable bonds is 8. The highest BCUT2D eigenvalue weighted by molar-refractivity contribution is 7.99. The molecule has 0 aliphatic heterocycles. The van der Waals surface area contributed by atoms with Gasteiger partial charge in [0.15, 0.2) is 11.5 Å². The molecule has 6 heteroatoms. The fourth-order valence-electron chi connectivity index (χ4n) is 2.20. The molecule has 2 aromatic rings. The van der Waals surface area contributed by atoms with Crippen LogP contribution in [-0.2, 0) is 17.1 Å². The van der Waals surface area contributed by atoms with Crippen molar-refractivity contribution in [3.8, 4) is 11.5 Å². The van der Waals surface area contributed by atoms with Gasteiger partial charge in [0.25, 0.3) is 0 Å². The number of carbonyl (C=O) groups is 1. The van der Waals surface area contributed by atoms with E-state index in [1.165, 1.54) is 23.9 Å². The summed E-state index contributed by atoms with van der Waals surface area (Å²) < 4.78 is 23.3. The van der Waals surface area contributed by atoms with Gasteiger partial charge in [0.1, 0.15) is 5.82 Å². The lowest BCUT2D eigenvalue weighted by Gasteiger charge is -2.13. The Balaban J connectivity index is 1.83. The quantitative estimate of drug-likeness (QED) is 0.775. The molecule has 4 nitrogen and oxygen atoms in total. The molecule has 2 aromatic carbocycles. The molecule has 2 rings (SSSR count). The number of hydrogen-bond acceptors (Lipinski definition) is 4. The Morgan fingerprint density at radius 1 is 1.08 bits per heavy atom. The van der Waals surface area contributed by atoms with E-state index < -0.39 is 0 Å². The van der Waals surface area contributed by atoms with Crippen LogP contribution in [0.1, 0.15) is 18.1 Å². The maximum absolute atomic E-state index is 12.9. The predicted molar refractivity (Wildman–Crippen MR) is 98.5 cm³/mol. The van der Waals surface area contributed by atoms with Gasteiger partial charge in [-0.2, -0.15) is 0 Å². The number of hydrogen-bond donors (Lipinski definition) is 1. The van der Waals surface area contributed by atoms with Crippen LogP contribution in [0.4, 0.5) is 4.39 Å².